The quantitative estimate of drug-likeness (QED) is 0.0400. The summed E-state index contributed by atoms with van der Waals surface area (Å²) in [6.07, 6.45) is 51.7. The summed E-state index contributed by atoms with van der Waals surface area (Å²) < 4.78 is 5.45. The van der Waals surface area contributed by atoms with Crippen molar-refractivity contribution in [2.45, 2.75) is 265 Å². The van der Waals surface area contributed by atoms with Gasteiger partial charge in [0.15, 0.2) is 0 Å². The summed E-state index contributed by atoms with van der Waals surface area (Å²) >= 11 is 0. The molecular weight excluding hydrogens is 701 g/mol. The van der Waals surface area contributed by atoms with Gasteiger partial charge in [0.05, 0.1) is 19.5 Å². The highest BCUT2D eigenvalue weighted by Crippen LogP contribution is 2.23. The predicted octanol–water partition coefficient (Wildman–Crippen LogP) is 17.6. The fourth-order valence-electron chi connectivity index (χ4n) is 9.29. The second kappa shape index (κ2) is 35.4. The molecule has 0 aliphatic carbocycles. The van der Waals surface area contributed by atoms with Crippen LogP contribution in [-0.4, -0.2) is 4.57 Å². The third kappa shape index (κ3) is 24.0. The van der Waals surface area contributed by atoms with E-state index in [4.69, 9.17) is 0 Å². The van der Waals surface area contributed by atoms with Crippen LogP contribution in [0.4, 0.5) is 0 Å². The molecule has 58 heavy (non-hydrogen) atoms. The molecule has 0 aliphatic heterocycles. The van der Waals surface area contributed by atoms with Gasteiger partial charge in [-0.2, -0.15) is 0 Å². The minimum absolute atomic E-state index is 0.513. The molecule has 0 N–H and O–H groups in total. The van der Waals surface area contributed by atoms with E-state index in [1.165, 1.54) is 235 Å². The van der Waals surface area contributed by atoms with Gasteiger partial charge in [0.2, 0.25) is 0 Å². The molecule has 0 radical (unpaired) electrons. The first-order valence-electron chi connectivity index (χ1n) is 25.9. The van der Waals surface area contributed by atoms with Crippen molar-refractivity contribution in [2.24, 2.45) is 0 Å². The minimum Gasteiger partial charge on any atom is -0.234 e. The Hall–Kier alpha value is -2.35. The predicted molar refractivity (Wildman–Crippen MR) is 256 cm³/mol. The van der Waals surface area contributed by atoms with Gasteiger partial charge in [-0.05, 0) is 42.7 Å². The highest BCUT2D eigenvalue weighted by Gasteiger charge is 2.25. The molecule has 0 saturated heterocycles. The number of rotatable bonds is 40. The van der Waals surface area contributed by atoms with Crippen molar-refractivity contribution in [3.63, 3.8) is 0 Å². The molecule has 1 atom stereocenters. The lowest BCUT2D eigenvalue weighted by atomic mass is 9.96. The fraction of sp³-hybridized carbons (Fsp3) is 0.732. The first-order valence-corrected chi connectivity index (χ1v) is 25.9. The summed E-state index contributed by atoms with van der Waals surface area (Å²) in [5.41, 5.74) is 4.44. The lowest BCUT2D eigenvalue weighted by Crippen LogP contribution is -2.37. The van der Waals surface area contributed by atoms with Crippen LogP contribution in [0.15, 0.2) is 66.9 Å². The van der Waals surface area contributed by atoms with Gasteiger partial charge in [0.1, 0.15) is 11.9 Å². The Morgan fingerprint density at radius 3 is 1.21 bits per heavy atom. The van der Waals surface area contributed by atoms with Crippen LogP contribution in [0.25, 0.3) is 0 Å². The van der Waals surface area contributed by atoms with Gasteiger partial charge in [-0.3, -0.25) is 0 Å². The fourth-order valence-corrected chi connectivity index (χ4v) is 9.29. The van der Waals surface area contributed by atoms with Crippen LogP contribution in [0.2, 0.25) is 0 Å². The van der Waals surface area contributed by atoms with Crippen molar-refractivity contribution < 1.29 is 4.57 Å². The molecule has 2 aromatic carbocycles. The van der Waals surface area contributed by atoms with Crippen LogP contribution in [-0.2, 0) is 25.9 Å². The number of aromatic nitrogens is 2. The van der Waals surface area contributed by atoms with Crippen LogP contribution in [0.5, 0.6) is 0 Å². The van der Waals surface area contributed by atoms with E-state index in [0.29, 0.717) is 5.92 Å². The van der Waals surface area contributed by atoms with Crippen LogP contribution >= 0.6 is 0 Å². The monoisotopic (exact) mass is 796 g/mol. The van der Waals surface area contributed by atoms with Crippen molar-refractivity contribution >= 4 is 0 Å². The molecule has 1 aromatic heterocycles. The largest absolute Gasteiger partial charge is 0.261 e. The molecule has 0 amide bonds. The second-order valence-electron chi connectivity index (χ2n) is 18.5. The Morgan fingerprint density at radius 2 is 0.793 bits per heavy atom. The molecule has 2 heteroatoms. The number of aryl methyl sites for hydroxylation is 1. The number of hydrogen-bond donors (Lipinski definition) is 0. The summed E-state index contributed by atoms with van der Waals surface area (Å²) in [5, 5.41) is 0. The Bertz CT molecular complexity index is 1310. The normalized spacial score (nSPS) is 12.1. The number of imidazole rings is 1. The zero-order chi connectivity index (χ0) is 41.0. The summed E-state index contributed by atoms with van der Waals surface area (Å²) in [4.78, 5) is 0. The molecule has 3 aromatic rings. The Morgan fingerprint density at radius 1 is 0.431 bits per heavy atom. The lowest BCUT2D eigenvalue weighted by Gasteiger charge is -2.12. The summed E-state index contributed by atoms with van der Waals surface area (Å²) in [6, 6.07) is 22.5. The first kappa shape index (κ1) is 50.0. The molecule has 1 unspecified atom stereocenters. The molecule has 328 valence electrons. The third-order valence-corrected chi connectivity index (χ3v) is 13.1. The third-order valence-electron chi connectivity index (χ3n) is 13.1. The van der Waals surface area contributed by atoms with Gasteiger partial charge in [-0.15, -0.1) is 0 Å². The van der Waals surface area contributed by atoms with Crippen LogP contribution in [0, 0.1) is 0 Å². The zero-order valence-corrected chi connectivity index (χ0v) is 39.0. The van der Waals surface area contributed by atoms with E-state index in [-0.39, 0.29) is 0 Å². The van der Waals surface area contributed by atoms with Gasteiger partial charge in [0.25, 0.3) is 5.82 Å². The molecule has 0 fully saturated rings. The smallest absolute Gasteiger partial charge is 0.234 e. The average Bonchev–Trinajstić information content (AvgIpc) is 3.56. The topological polar surface area (TPSA) is 8.81 Å². The molecule has 1 heterocycles. The lowest BCUT2D eigenvalue weighted by molar-refractivity contribution is -0.704. The standard InChI is InChI=1S/C56H95N2/c1-4-6-8-10-12-14-16-18-20-22-24-26-28-30-32-34-42-48-58-55(49-52(3)54-45-39-36-40-46-54)51-57(56(58)50-53-43-37-35-38-44-53)47-41-33-31-29-27-25-23-21-19-17-15-13-11-9-7-5-2/h35-40,43-46,51-52H,4-34,41-42,47-50H2,1-3H3/q+1. The first-order chi connectivity index (χ1) is 28.7. The van der Waals surface area contributed by atoms with Crippen molar-refractivity contribution in [3.05, 3.63) is 89.5 Å². The maximum Gasteiger partial charge on any atom is 0.261 e. The molecular formula is C56H95N2+. The summed E-state index contributed by atoms with van der Waals surface area (Å²) in [7, 11) is 0. The van der Waals surface area contributed by atoms with Crippen LogP contribution < -0.4 is 4.57 Å². The number of nitrogens with zero attached hydrogens (tertiary/aromatic N) is 2. The van der Waals surface area contributed by atoms with Gasteiger partial charge >= 0.3 is 0 Å². The van der Waals surface area contributed by atoms with Crippen LogP contribution in [0.1, 0.15) is 261 Å². The molecule has 0 aliphatic rings. The average molecular weight is 796 g/mol. The maximum atomic E-state index is 2.77. The van der Waals surface area contributed by atoms with E-state index < -0.39 is 0 Å². The Balaban J connectivity index is 1.43. The van der Waals surface area contributed by atoms with Crippen LogP contribution in [0.3, 0.4) is 0 Å². The summed E-state index contributed by atoms with van der Waals surface area (Å²) in [6.45, 7) is 9.36. The Labute approximate surface area is 361 Å². The number of benzene rings is 2. The number of unbranched alkanes of at least 4 members (excludes halogenated alkanes) is 31. The van der Waals surface area contributed by atoms with E-state index in [2.05, 4.69) is 96.8 Å². The van der Waals surface area contributed by atoms with E-state index in [9.17, 15) is 0 Å². The second-order valence-corrected chi connectivity index (χ2v) is 18.5. The molecule has 2 nitrogen and oxygen atoms in total. The van der Waals surface area contributed by atoms with Gasteiger partial charge in [0, 0.05) is 6.42 Å². The Kier molecular flexibility index (Phi) is 30.5. The molecule has 0 spiro atoms. The summed E-state index contributed by atoms with van der Waals surface area (Å²) in [5.74, 6) is 2.04. The van der Waals surface area contributed by atoms with E-state index in [1.807, 2.05) is 0 Å². The van der Waals surface area contributed by atoms with Gasteiger partial charge in [-0.25, -0.2) is 9.13 Å². The zero-order valence-electron chi connectivity index (χ0n) is 39.0. The van der Waals surface area contributed by atoms with E-state index in [0.717, 1.165) is 25.9 Å². The highest BCUT2D eigenvalue weighted by molar-refractivity contribution is 5.22. The highest BCUT2D eigenvalue weighted by atomic mass is 15.2. The van der Waals surface area contributed by atoms with Crippen molar-refractivity contribution in [1.82, 2.24) is 4.57 Å². The van der Waals surface area contributed by atoms with Crippen molar-refractivity contribution in [1.29, 1.82) is 0 Å². The SMILES string of the molecule is CCCCCCCCCCCCCCCCCCCn1c(CC(C)c2ccccc2)c[n+](CCCCCCCCCCCCCCCCCC)c1Cc1ccccc1. The molecule has 3 rings (SSSR count). The minimum atomic E-state index is 0.513. The van der Waals surface area contributed by atoms with E-state index in [1.54, 1.807) is 0 Å². The van der Waals surface area contributed by atoms with E-state index >= 15 is 0 Å². The van der Waals surface area contributed by atoms with Gasteiger partial charge in [-0.1, -0.05) is 268 Å². The molecule has 0 bridgehead atoms. The molecule has 0 saturated carbocycles. The van der Waals surface area contributed by atoms with Crippen molar-refractivity contribution in [2.75, 3.05) is 0 Å². The maximum absolute atomic E-state index is 2.77. The number of hydrogen-bond acceptors (Lipinski definition) is 0. The van der Waals surface area contributed by atoms with Crippen molar-refractivity contribution in [3.8, 4) is 0 Å². The van der Waals surface area contributed by atoms with Gasteiger partial charge < -0.3 is 0 Å².